The first-order valence-corrected chi connectivity index (χ1v) is 6.23. The Morgan fingerprint density at radius 3 is 2.27 bits per heavy atom. The Kier molecular flexibility index (Phi) is 4.47. The molecule has 0 spiro atoms. The molecule has 0 heterocycles. The number of carbonyl (C=O) groups is 3. The third kappa shape index (κ3) is 3.89. The number of nitrogen functional groups attached to an aromatic ring is 1. The number of nitrogens with two attached hydrogens (primary N) is 1. The Morgan fingerprint density at radius 2 is 1.64 bits per heavy atom. The van der Waals surface area contributed by atoms with Gasteiger partial charge in [-0.2, -0.15) is 0 Å². The number of nitrogens with one attached hydrogen (secondary N) is 2. The van der Waals surface area contributed by atoms with Crippen molar-refractivity contribution in [1.29, 1.82) is 0 Å². The SMILES string of the molecule is Nc1ccc(C(=O)NC(=O)C(=O)Nc2cccc(F)c2)cc1. The first-order valence-electron chi connectivity index (χ1n) is 6.23. The van der Waals surface area contributed by atoms with Gasteiger partial charge in [0.2, 0.25) is 0 Å². The normalized spacial score (nSPS) is 9.86. The molecular weight excluding hydrogens is 289 g/mol. The Bertz CT molecular complexity index is 729. The Labute approximate surface area is 125 Å². The van der Waals surface area contributed by atoms with Crippen LogP contribution in [0.1, 0.15) is 10.4 Å². The summed E-state index contributed by atoms with van der Waals surface area (Å²) in [5.74, 6) is -3.52. The molecule has 6 nitrogen and oxygen atoms in total. The van der Waals surface area contributed by atoms with E-state index < -0.39 is 23.5 Å². The lowest BCUT2D eigenvalue weighted by Crippen LogP contribution is -2.39. The maximum atomic E-state index is 13.0. The first kappa shape index (κ1) is 15.2. The van der Waals surface area contributed by atoms with Crippen LogP contribution >= 0.6 is 0 Å². The second kappa shape index (κ2) is 6.49. The fraction of sp³-hybridized carbons (Fsp3) is 0. The zero-order chi connectivity index (χ0) is 16.1. The molecule has 3 amide bonds. The lowest BCUT2D eigenvalue weighted by Gasteiger charge is -2.06. The molecule has 22 heavy (non-hydrogen) atoms. The average molecular weight is 301 g/mol. The van der Waals surface area contributed by atoms with Crippen molar-refractivity contribution < 1.29 is 18.8 Å². The maximum absolute atomic E-state index is 13.0. The predicted octanol–water partition coefficient (Wildman–Crippen LogP) is 1.30. The van der Waals surface area contributed by atoms with Gasteiger partial charge in [0.15, 0.2) is 0 Å². The molecule has 0 atom stereocenters. The van der Waals surface area contributed by atoms with Crippen molar-refractivity contribution in [1.82, 2.24) is 5.32 Å². The van der Waals surface area contributed by atoms with Crippen LogP contribution in [-0.4, -0.2) is 17.7 Å². The van der Waals surface area contributed by atoms with Crippen LogP contribution in [0.2, 0.25) is 0 Å². The summed E-state index contributed by atoms with van der Waals surface area (Å²) in [6.07, 6.45) is 0. The second-order valence-electron chi connectivity index (χ2n) is 4.37. The van der Waals surface area contributed by atoms with E-state index in [1.54, 1.807) is 0 Å². The largest absolute Gasteiger partial charge is 0.399 e. The van der Waals surface area contributed by atoms with E-state index in [1.165, 1.54) is 42.5 Å². The van der Waals surface area contributed by atoms with Crippen LogP contribution in [0.3, 0.4) is 0 Å². The van der Waals surface area contributed by atoms with Gasteiger partial charge in [0, 0.05) is 16.9 Å². The standard InChI is InChI=1S/C15H12FN3O3/c16-10-2-1-3-12(8-10)18-14(21)15(22)19-13(20)9-4-6-11(17)7-5-9/h1-8H,17H2,(H,18,21)(H,19,20,22). The highest BCUT2D eigenvalue weighted by Gasteiger charge is 2.18. The van der Waals surface area contributed by atoms with Crippen molar-refractivity contribution in [3.63, 3.8) is 0 Å². The summed E-state index contributed by atoms with van der Waals surface area (Å²) in [6.45, 7) is 0. The zero-order valence-electron chi connectivity index (χ0n) is 11.3. The number of hydrogen-bond acceptors (Lipinski definition) is 4. The van der Waals surface area contributed by atoms with Crippen LogP contribution < -0.4 is 16.4 Å². The van der Waals surface area contributed by atoms with Crippen LogP contribution in [0.5, 0.6) is 0 Å². The minimum absolute atomic E-state index is 0.111. The van der Waals surface area contributed by atoms with Gasteiger partial charge in [0.05, 0.1) is 0 Å². The van der Waals surface area contributed by atoms with Crippen molar-refractivity contribution in [2.24, 2.45) is 0 Å². The number of anilines is 2. The molecule has 2 rings (SSSR count). The fourth-order valence-corrected chi connectivity index (χ4v) is 1.62. The number of carbonyl (C=O) groups excluding carboxylic acids is 3. The molecule has 0 aromatic heterocycles. The number of imide groups is 1. The quantitative estimate of drug-likeness (QED) is 0.575. The molecule has 0 aliphatic heterocycles. The van der Waals surface area contributed by atoms with Crippen LogP contribution in [0.15, 0.2) is 48.5 Å². The van der Waals surface area contributed by atoms with Gasteiger partial charge in [-0.3, -0.25) is 19.7 Å². The Balaban J connectivity index is 1.98. The van der Waals surface area contributed by atoms with Crippen molar-refractivity contribution in [2.45, 2.75) is 0 Å². The highest BCUT2D eigenvalue weighted by Crippen LogP contribution is 2.09. The van der Waals surface area contributed by atoms with Gasteiger partial charge in [-0.15, -0.1) is 0 Å². The van der Waals surface area contributed by atoms with E-state index in [0.717, 1.165) is 6.07 Å². The van der Waals surface area contributed by atoms with Gasteiger partial charge in [-0.05, 0) is 42.5 Å². The minimum atomic E-state index is -1.15. The number of halogens is 1. The van der Waals surface area contributed by atoms with E-state index in [1.807, 2.05) is 5.32 Å². The smallest absolute Gasteiger partial charge is 0.316 e. The molecule has 0 saturated heterocycles. The van der Waals surface area contributed by atoms with Gasteiger partial charge >= 0.3 is 11.8 Å². The van der Waals surface area contributed by atoms with E-state index in [2.05, 4.69) is 5.32 Å². The van der Waals surface area contributed by atoms with Gasteiger partial charge in [0.25, 0.3) is 5.91 Å². The fourth-order valence-electron chi connectivity index (χ4n) is 1.62. The number of rotatable bonds is 2. The maximum Gasteiger partial charge on any atom is 0.316 e. The Morgan fingerprint density at radius 1 is 0.955 bits per heavy atom. The lowest BCUT2D eigenvalue weighted by atomic mass is 10.2. The first-order chi connectivity index (χ1) is 10.5. The number of benzene rings is 2. The number of amides is 3. The molecule has 7 heteroatoms. The molecule has 2 aromatic carbocycles. The molecule has 0 unspecified atom stereocenters. The summed E-state index contributed by atoms with van der Waals surface area (Å²) in [5.41, 5.74) is 6.24. The van der Waals surface area contributed by atoms with Crippen LogP contribution in [0.4, 0.5) is 15.8 Å². The average Bonchev–Trinajstić information content (AvgIpc) is 2.47. The van der Waals surface area contributed by atoms with E-state index in [4.69, 9.17) is 5.73 Å². The summed E-state index contributed by atoms with van der Waals surface area (Å²) in [5, 5.41) is 4.11. The minimum Gasteiger partial charge on any atom is -0.399 e. The summed E-state index contributed by atoms with van der Waals surface area (Å²) >= 11 is 0. The molecule has 0 aliphatic carbocycles. The summed E-state index contributed by atoms with van der Waals surface area (Å²) in [7, 11) is 0. The van der Waals surface area contributed by atoms with Gasteiger partial charge < -0.3 is 11.1 Å². The van der Waals surface area contributed by atoms with E-state index in [-0.39, 0.29) is 11.3 Å². The molecule has 2 aromatic rings. The summed E-state index contributed by atoms with van der Waals surface area (Å²) in [6, 6.07) is 10.9. The molecular formula is C15H12FN3O3. The van der Waals surface area contributed by atoms with Crippen LogP contribution in [0, 0.1) is 5.82 Å². The van der Waals surface area contributed by atoms with Crippen molar-refractivity contribution in [3.8, 4) is 0 Å². The molecule has 112 valence electrons. The molecule has 4 N–H and O–H groups in total. The van der Waals surface area contributed by atoms with Crippen molar-refractivity contribution >= 4 is 29.1 Å². The highest BCUT2D eigenvalue weighted by molar-refractivity contribution is 6.42. The highest BCUT2D eigenvalue weighted by atomic mass is 19.1. The molecule has 0 saturated carbocycles. The number of hydrogen-bond donors (Lipinski definition) is 3. The molecule has 0 aliphatic rings. The van der Waals surface area contributed by atoms with Crippen LogP contribution in [-0.2, 0) is 9.59 Å². The topological polar surface area (TPSA) is 101 Å². The molecule has 0 fully saturated rings. The second-order valence-corrected chi connectivity index (χ2v) is 4.37. The monoisotopic (exact) mass is 301 g/mol. The summed E-state index contributed by atoms with van der Waals surface area (Å²) in [4.78, 5) is 35.0. The molecule has 0 bridgehead atoms. The van der Waals surface area contributed by atoms with E-state index in [0.29, 0.717) is 5.69 Å². The van der Waals surface area contributed by atoms with E-state index >= 15 is 0 Å². The zero-order valence-corrected chi connectivity index (χ0v) is 11.3. The Hall–Kier alpha value is -3.22. The van der Waals surface area contributed by atoms with Gasteiger partial charge in [-0.1, -0.05) is 6.07 Å². The van der Waals surface area contributed by atoms with Crippen LogP contribution in [0.25, 0.3) is 0 Å². The van der Waals surface area contributed by atoms with E-state index in [9.17, 15) is 18.8 Å². The van der Waals surface area contributed by atoms with Crippen molar-refractivity contribution in [2.75, 3.05) is 11.1 Å². The van der Waals surface area contributed by atoms with Crippen molar-refractivity contribution in [3.05, 3.63) is 59.9 Å². The predicted molar refractivity (Wildman–Crippen MR) is 78.4 cm³/mol. The van der Waals surface area contributed by atoms with Gasteiger partial charge in [-0.25, -0.2) is 4.39 Å². The summed E-state index contributed by atoms with van der Waals surface area (Å²) < 4.78 is 13.0. The third-order valence-electron chi connectivity index (χ3n) is 2.69. The molecule has 0 radical (unpaired) electrons. The van der Waals surface area contributed by atoms with Gasteiger partial charge in [0.1, 0.15) is 5.82 Å². The lowest BCUT2D eigenvalue weighted by molar-refractivity contribution is -0.135. The third-order valence-corrected chi connectivity index (χ3v) is 2.69.